The molecule has 5 rings (SSSR count). The number of fused-ring (bicyclic) bond motifs is 1. The standard InChI is InChI=1S/C31H26ClNO4/c32-27-12-10-23(11-13-27)24-8-9-25-18-31(30(35)36,19-26(25)17-24)33-29(34)16-21-6-14-28(15-7-21)37-20-22-4-2-1-3-5-22/h1-15,17H,16,18-20H2,(H,33,34)(H,35,36). The minimum Gasteiger partial charge on any atom is -0.489 e. The summed E-state index contributed by atoms with van der Waals surface area (Å²) in [4.78, 5) is 25.3. The SMILES string of the molecule is O=C(Cc1ccc(OCc2ccccc2)cc1)NC1(C(=O)O)Cc2ccc(-c3ccc(Cl)cc3)cc2C1. The summed E-state index contributed by atoms with van der Waals surface area (Å²) in [6.45, 7) is 0.460. The summed E-state index contributed by atoms with van der Waals surface area (Å²) in [5.41, 5.74) is 4.33. The molecule has 5 nitrogen and oxygen atoms in total. The number of carboxylic acids is 1. The minimum absolute atomic E-state index is 0.0837. The largest absolute Gasteiger partial charge is 0.489 e. The third-order valence-electron chi connectivity index (χ3n) is 6.69. The highest BCUT2D eigenvalue weighted by atomic mass is 35.5. The molecule has 1 aliphatic rings. The summed E-state index contributed by atoms with van der Waals surface area (Å²) in [7, 11) is 0. The van der Waals surface area contributed by atoms with E-state index in [2.05, 4.69) is 5.32 Å². The van der Waals surface area contributed by atoms with Crippen molar-refractivity contribution in [2.45, 2.75) is 31.4 Å². The number of benzene rings is 4. The van der Waals surface area contributed by atoms with E-state index in [4.69, 9.17) is 16.3 Å². The van der Waals surface area contributed by atoms with E-state index >= 15 is 0 Å². The number of hydrogen-bond acceptors (Lipinski definition) is 3. The fourth-order valence-corrected chi connectivity index (χ4v) is 4.86. The van der Waals surface area contributed by atoms with Crippen LogP contribution in [-0.2, 0) is 35.5 Å². The third kappa shape index (κ3) is 5.68. The van der Waals surface area contributed by atoms with Gasteiger partial charge in [0.1, 0.15) is 17.9 Å². The van der Waals surface area contributed by atoms with Crippen LogP contribution in [0.1, 0.15) is 22.3 Å². The van der Waals surface area contributed by atoms with Crippen molar-refractivity contribution < 1.29 is 19.4 Å². The number of amides is 1. The van der Waals surface area contributed by atoms with Gasteiger partial charge in [0, 0.05) is 17.9 Å². The molecule has 1 atom stereocenters. The van der Waals surface area contributed by atoms with Crippen molar-refractivity contribution in [3.05, 3.63) is 124 Å². The number of aliphatic carboxylic acids is 1. The van der Waals surface area contributed by atoms with Crippen LogP contribution in [0.15, 0.2) is 97.1 Å². The van der Waals surface area contributed by atoms with Crippen molar-refractivity contribution in [1.29, 1.82) is 0 Å². The van der Waals surface area contributed by atoms with E-state index in [-0.39, 0.29) is 25.2 Å². The Kier molecular flexibility index (Phi) is 6.97. The molecule has 0 aliphatic heterocycles. The van der Waals surface area contributed by atoms with Gasteiger partial charge >= 0.3 is 5.97 Å². The van der Waals surface area contributed by atoms with E-state index in [1.54, 1.807) is 0 Å². The Morgan fingerprint density at radius 3 is 2.19 bits per heavy atom. The highest BCUT2D eigenvalue weighted by Gasteiger charge is 2.45. The molecular formula is C31H26ClNO4. The number of hydrogen-bond donors (Lipinski definition) is 2. The Bertz CT molecular complexity index is 1420. The first-order valence-electron chi connectivity index (χ1n) is 12.1. The van der Waals surface area contributed by atoms with Gasteiger partial charge in [-0.1, -0.05) is 84.4 Å². The van der Waals surface area contributed by atoms with E-state index in [0.717, 1.165) is 33.4 Å². The first-order valence-corrected chi connectivity index (χ1v) is 12.5. The number of carbonyl (C=O) groups is 2. The van der Waals surface area contributed by atoms with Crippen LogP contribution in [-0.4, -0.2) is 22.5 Å². The quantitative estimate of drug-likeness (QED) is 0.310. The number of rotatable bonds is 8. The van der Waals surface area contributed by atoms with Gasteiger partial charge in [-0.2, -0.15) is 0 Å². The molecule has 0 spiro atoms. The Labute approximate surface area is 220 Å². The second-order valence-corrected chi connectivity index (χ2v) is 9.81. The summed E-state index contributed by atoms with van der Waals surface area (Å²) in [6.07, 6.45) is 0.564. The van der Waals surface area contributed by atoms with Crippen LogP contribution in [0.25, 0.3) is 11.1 Å². The van der Waals surface area contributed by atoms with Crippen LogP contribution in [0.4, 0.5) is 0 Å². The van der Waals surface area contributed by atoms with E-state index in [9.17, 15) is 14.7 Å². The summed E-state index contributed by atoms with van der Waals surface area (Å²) < 4.78 is 5.81. The van der Waals surface area contributed by atoms with Crippen LogP contribution in [0.5, 0.6) is 5.75 Å². The molecule has 6 heteroatoms. The monoisotopic (exact) mass is 511 g/mol. The summed E-state index contributed by atoms with van der Waals surface area (Å²) >= 11 is 6.00. The Hall–Kier alpha value is -4.09. The summed E-state index contributed by atoms with van der Waals surface area (Å²) in [5.74, 6) is -0.654. The van der Waals surface area contributed by atoms with Crippen molar-refractivity contribution in [3.8, 4) is 16.9 Å². The third-order valence-corrected chi connectivity index (χ3v) is 6.94. The molecule has 0 radical (unpaired) electrons. The molecule has 0 saturated heterocycles. The van der Waals surface area contributed by atoms with Crippen molar-refractivity contribution >= 4 is 23.5 Å². The van der Waals surface area contributed by atoms with Gasteiger partial charge in [-0.05, 0) is 57.6 Å². The Morgan fingerprint density at radius 1 is 0.811 bits per heavy atom. The van der Waals surface area contributed by atoms with Gasteiger partial charge in [0.05, 0.1) is 6.42 Å². The second kappa shape index (κ2) is 10.5. The van der Waals surface area contributed by atoms with Crippen molar-refractivity contribution in [2.75, 3.05) is 0 Å². The van der Waals surface area contributed by atoms with Gasteiger partial charge in [0.15, 0.2) is 0 Å². The van der Waals surface area contributed by atoms with E-state index < -0.39 is 11.5 Å². The lowest BCUT2D eigenvalue weighted by Crippen LogP contribution is -2.55. The molecule has 1 unspecified atom stereocenters. The van der Waals surface area contributed by atoms with Crippen LogP contribution < -0.4 is 10.1 Å². The number of ether oxygens (including phenoxy) is 1. The summed E-state index contributed by atoms with van der Waals surface area (Å²) in [5, 5.41) is 13.6. The molecule has 186 valence electrons. The van der Waals surface area contributed by atoms with Gasteiger partial charge in [0.2, 0.25) is 5.91 Å². The molecule has 1 aliphatic carbocycles. The average Bonchev–Trinajstić information content (AvgIpc) is 3.28. The average molecular weight is 512 g/mol. The topological polar surface area (TPSA) is 75.6 Å². The maximum absolute atomic E-state index is 12.9. The molecule has 37 heavy (non-hydrogen) atoms. The Morgan fingerprint density at radius 2 is 1.49 bits per heavy atom. The molecular weight excluding hydrogens is 486 g/mol. The van der Waals surface area contributed by atoms with E-state index in [1.807, 2.05) is 97.1 Å². The molecule has 4 aromatic rings. The molecule has 0 bridgehead atoms. The number of carboxylic acid groups (broad SMARTS) is 1. The predicted molar refractivity (Wildman–Crippen MR) is 144 cm³/mol. The predicted octanol–water partition coefficient (Wildman–Crippen LogP) is 5.87. The second-order valence-electron chi connectivity index (χ2n) is 9.37. The maximum atomic E-state index is 12.9. The lowest BCUT2D eigenvalue weighted by atomic mass is 9.95. The number of halogens is 1. The lowest BCUT2D eigenvalue weighted by molar-refractivity contribution is -0.147. The van der Waals surface area contributed by atoms with Crippen LogP contribution in [0.3, 0.4) is 0 Å². The van der Waals surface area contributed by atoms with Crippen molar-refractivity contribution in [3.63, 3.8) is 0 Å². The first-order chi connectivity index (χ1) is 17.9. The molecule has 0 saturated carbocycles. The fourth-order valence-electron chi connectivity index (χ4n) is 4.73. The number of carbonyl (C=O) groups excluding carboxylic acids is 1. The highest BCUT2D eigenvalue weighted by molar-refractivity contribution is 6.30. The zero-order valence-electron chi connectivity index (χ0n) is 20.1. The van der Waals surface area contributed by atoms with Crippen molar-refractivity contribution in [1.82, 2.24) is 5.32 Å². The van der Waals surface area contributed by atoms with Gasteiger partial charge in [-0.25, -0.2) is 4.79 Å². The Balaban J connectivity index is 1.23. The lowest BCUT2D eigenvalue weighted by Gasteiger charge is -2.25. The van der Waals surface area contributed by atoms with Gasteiger partial charge in [0.25, 0.3) is 0 Å². The maximum Gasteiger partial charge on any atom is 0.330 e. The van der Waals surface area contributed by atoms with Gasteiger partial charge in [-0.15, -0.1) is 0 Å². The van der Waals surface area contributed by atoms with E-state index in [1.165, 1.54) is 0 Å². The normalized spacial score (nSPS) is 16.1. The molecule has 1 amide bonds. The van der Waals surface area contributed by atoms with E-state index in [0.29, 0.717) is 17.4 Å². The molecule has 0 aromatic heterocycles. The molecule has 0 fully saturated rings. The molecule has 0 heterocycles. The van der Waals surface area contributed by atoms with Crippen molar-refractivity contribution in [2.24, 2.45) is 0 Å². The fraction of sp³-hybridized carbons (Fsp3) is 0.161. The van der Waals surface area contributed by atoms with Gasteiger partial charge < -0.3 is 15.2 Å². The van der Waals surface area contributed by atoms with Crippen LogP contribution in [0, 0.1) is 0 Å². The smallest absolute Gasteiger partial charge is 0.330 e. The first kappa shape index (κ1) is 24.6. The molecule has 4 aromatic carbocycles. The van der Waals surface area contributed by atoms with Gasteiger partial charge in [-0.3, -0.25) is 4.79 Å². The zero-order valence-corrected chi connectivity index (χ0v) is 20.9. The van der Waals surface area contributed by atoms with Crippen LogP contribution in [0.2, 0.25) is 5.02 Å². The zero-order chi connectivity index (χ0) is 25.8. The van der Waals surface area contributed by atoms with Crippen LogP contribution >= 0.6 is 11.6 Å². The number of nitrogens with one attached hydrogen (secondary N) is 1. The summed E-state index contributed by atoms with van der Waals surface area (Å²) in [6, 6.07) is 30.6. The highest BCUT2D eigenvalue weighted by Crippen LogP contribution is 2.34. The molecule has 2 N–H and O–H groups in total. The minimum atomic E-state index is -1.36.